The van der Waals surface area contributed by atoms with E-state index < -0.39 is 0 Å². The van der Waals surface area contributed by atoms with E-state index in [0.717, 1.165) is 19.6 Å². The Morgan fingerprint density at radius 2 is 1.72 bits per heavy atom. The van der Waals surface area contributed by atoms with Crippen molar-refractivity contribution in [3.05, 3.63) is 35.9 Å². The molecule has 18 heavy (non-hydrogen) atoms. The molecule has 0 aliphatic carbocycles. The minimum atomic E-state index is 0.119. The highest BCUT2D eigenvalue weighted by molar-refractivity contribution is 5.18. The van der Waals surface area contributed by atoms with Crippen LogP contribution in [0.1, 0.15) is 25.5 Å². The van der Waals surface area contributed by atoms with Gasteiger partial charge in [-0.1, -0.05) is 30.3 Å². The van der Waals surface area contributed by atoms with Crippen LogP contribution in [0.2, 0.25) is 0 Å². The van der Waals surface area contributed by atoms with E-state index in [1.165, 1.54) is 5.56 Å². The fraction of sp³-hybridized carbons (Fsp3) is 0.600. The monoisotopic (exact) mass is 247 g/mol. The molecule has 1 aliphatic rings. The molecule has 0 spiro atoms. The van der Waals surface area contributed by atoms with Crippen LogP contribution in [0.3, 0.4) is 0 Å². The summed E-state index contributed by atoms with van der Waals surface area (Å²) in [6.45, 7) is 7.75. The van der Waals surface area contributed by atoms with Crippen LogP contribution in [0.4, 0.5) is 0 Å². The Bertz CT molecular complexity index is 353. The van der Waals surface area contributed by atoms with E-state index >= 15 is 0 Å². The fourth-order valence-electron chi connectivity index (χ4n) is 2.75. The van der Waals surface area contributed by atoms with Gasteiger partial charge < -0.3 is 5.73 Å². The Morgan fingerprint density at radius 1 is 1.17 bits per heavy atom. The predicted molar refractivity (Wildman–Crippen MR) is 76.5 cm³/mol. The van der Waals surface area contributed by atoms with Crippen LogP contribution in [0.15, 0.2) is 30.3 Å². The Kier molecular flexibility index (Phi) is 4.38. The number of likely N-dealkylation sites (N-methyl/N-ethyl adjacent to an activating group) is 1. The summed E-state index contributed by atoms with van der Waals surface area (Å²) in [6, 6.07) is 11.7. The van der Waals surface area contributed by atoms with Gasteiger partial charge >= 0.3 is 0 Å². The molecule has 2 rings (SSSR count). The van der Waals surface area contributed by atoms with Crippen LogP contribution in [0.5, 0.6) is 0 Å². The first-order valence-electron chi connectivity index (χ1n) is 6.82. The summed E-state index contributed by atoms with van der Waals surface area (Å²) in [6.07, 6.45) is 0. The fourth-order valence-corrected chi connectivity index (χ4v) is 2.75. The van der Waals surface area contributed by atoms with E-state index in [1.807, 2.05) is 6.07 Å². The van der Waals surface area contributed by atoms with Gasteiger partial charge in [0.25, 0.3) is 0 Å². The molecule has 2 unspecified atom stereocenters. The molecule has 0 aromatic heterocycles. The zero-order valence-corrected chi connectivity index (χ0v) is 11.7. The summed E-state index contributed by atoms with van der Waals surface area (Å²) in [7, 11) is 2.21. The molecular weight excluding hydrogens is 222 g/mol. The molecule has 3 nitrogen and oxygen atoms in total. The summed E-state index contributed by atoms with van der Waals surface area (Å²) in [5.74, 6) is 0. The first kappa shape index (κ1) is 13.5. The topological polar surface area (TPSA) is 32.5 Å². The summed E-state index contributed by atoms with van der Waals surface area (Å²) in [4.78, 5) is 4.94. The van der Waals surface area contributed by atoms with Crippen LogP contribution in [0, 0.1) is 0 Å². The highest BCUT2D eigenvalue weighted by Gasteiger charge is 2.27. The normalized spacial score (nSPS) is 28.2. The number of hydrogen-bond donors (Lipinski definition) is 1. The van der Waals surface area contributed by atoms with Gasteiger partial charge in [-0.15, -0.1) is 0 Å². The van der Waals surface area contributed by atoms with E-state index in [-0.39, 0.29) is 6.04 Å². The van der Waals surface area contributed by atoms with E-state index in [0.29, 0.717) is 12.1 Å². The van der Waals surface area contributed by atoms with E-state index in [4.69, 9.17) is 5.73 Å². The summed E-state index contributed by atoms with van der Waals surface area (Å²) in [5, 5.41) is 0. The summed E-state index contributed by atoms with van der Waals surface area (Å²) in [5.41, 5.74) is 7.53. The average Bonchev–Trinajstić information content (AvgIpc) is 2.37. The van der Waals surface area contributed by atoms with Crippen LogP contribution in [0.25, 0.3) is 0 Å². The molecule has 1 aromatic carbocycles. The third kappa shape index (κ3) is 3.10. The lowest BCUT2D eigenvalue weighted by molar-refractivity contribution is 0.0567. The van der Waals surface area contributed by atoms with Gasteiger partial charge in [0, 0.05) is 37.8 Å². The van der Waals surface area contributed by atoms with Crippen molar-refractivity contribution in [1.29, 1.82) is 0 Å². The third-order valence-corrected chi connectivity index (χ3v) is 4.12. The lowest BCUT2D eigenvalue weighted by atomic mass is 10.0. The van der Waals surface area contributed by atoms with Crippen LogP contribution in [-0.4, -0.2) is 48.6 Å². The van der Waals surface area contributed by atoms with Crippen molar-refractivity contribution < 1.29 is 0 Å². The highest BCUT2D eigenvalue weighted by atomic mass is 15.3. The Morgan fingerprint density at radius 3 is 2.28 bits per heavy atom. The maximum absolute atomic E-state index is 6.30. The second-order valence-electron chi connectivity index (χ2n) is 5.60. The number of rotatable bonds is 3. The van der Waals surface area contributed by atoms with Crippen molar-refractivity contribution in [2.75, 3.05) is 26.7 Å². The van der Waals surface area contributed by atoms with Crippen molar-refractivity contribution in [2.45, 2.75) is 32.0 Å². The molecule has 0 radical (unpaired) electrons. The van der Waals surface area contributed by atoms with E-state index in [2.05, 4.69) is 55.0 Å². The third-order valence-electron chi connectivity index (χ3n) is 4.12. The van der Waals surface area contributed by atoms with Crippen molar-refractivity contribution >= 4 is 0 Å². The van der Waals surface area contributed by atoms with Crippen LogP contribution in [-0.2, 0) is 0 Å². The van der Waals surface area contributed by atoms with Gasteiger partial charge in [-0.05, 0) is 26.5 Å². The maximum atomic E-state index is 6.30. The standard InChI is InChI=1S/C15H25N3/c1-12-9-18(10-13(2)17(12)3)11-15(16)14-7-5-4-6-8-14/h4-8,12-13,15H,9-11,16H2,1-3H3/t12?,13?,15-/m0/s1. The number of nitrogens with zero attached hydrogens (tertiary/aromatic N) is 2. The van der Waals surface area contributed by atoms with Crippen molar-refractivity contribution in [3.63, 3.8) is 0 Å². The second kappa shape index (κ2) is 5.83. The van der Waals surface area contributed by atoms with Gasteiger partial charge in [-0.2, -0.15) is 0 Å². The number of hydrogen-bond acceptors (Lipinski definition) is 3. The summed E-state index contributed by atoms with van der Waals surface area (Å²) >= 11 is 0. The van der Waals surface area contributed by atoms with Gasteiger partial charge in [0.2, 0.25) is 0 Å². The zero-order chi connectivity index (χ0) is 13.1. The smallest absolute Gasteiger partial charge is 0.0424 e. The Labute approximate surface area is 111 Å². The SMILES string of the molecule is CC1CN(C[C@H](N)c2ccccc2)CC(C)N1C. The van der Waals surface area contributed by atoms with Gasteiger partial charge in [0.1, 0.15) is 0 Å². The second-order valence-corrected chi connectivity index (χ2v) is 5.60. The Balaban J connectivity index is 1.94. The van der Waals surface area contributed by atoms with Gasteiger partial charge in [-0.25, -0.2) is 0 Å². The first-order valence-corrected chi connectivity index (χ1v) is 6.82. The lowest BCUT2D eigenvalue weighted by Gasteiger charge is -2.43. The van der Waals surface area contributed by atoms with E-state index in [1.54, 1.807) is 0 Å². The first-order chi connectivity index (χ1) is 8.58. The zero-order valence-electron chi connectivity index (χ0n) is 11.7. The molecule has 1 aromatic rings. The highest BCUT2D eigenvalue weighted by Crippen LogP contribution is 2.17. The van der Waals surface area contributed by atoms with Crippen molar-refractivity contribution in [3.8, 4) is 0 Å². The van der Waals surface area contributed by atoms with Gasteiger partial charge in [0.05, 0.1) is 0 Å². The molecule has 1 heterocycles. The largest absolute Gasteiger partial charge is 0.323 e. The molecule has 3 heteroatoms. The number of nitrogens with two attached hydrogens (primary N) is 1. The molecule has 1 aliphatic heterocycles. The van der Waals surface area contributed by atoms with Gasteiger partial charge in [-0.3, -0.25) is 9.80 Å². The molecule has 0 amide bonds. The molecule has 3 atom stereocenters. The molecule has 100 valence electrons. The Hall–Kier alpha value is -0.900. The quantitative estimate of drug-likeness (QED) is 0.882. The minimum absolute atomic E-state index is 0.119. The molecule has 2 N–H and O–H groups in total. The lowest BCUT2D eigenvalue weighted by Crippen LogP contribution is -2.55. The van der Waals surface area contributed by atoms with Crippen molar-refractivity contribution in [1.82, 2.24) is 9.80 Å². The molecule has 1 fully saturated rings. The molecule has 1 saturated heterocycles. The number of benzene rings is 1. The van der Waals surface area contributed by atoms with Crippen LogP contribution < -0.4 is 5.73 Å². The molecule has 0 saturated carbocycles. The molecule has 0 bridgehead atoms. The van der Waals surface area contributed by atoms with Crippen LogP contribution >= 0.6 is 0 Å². The maximum Gasteiger partial charge on any atom is 0.0424 e. The predicted octanol–water partition coefficient (Wildman–Crippen LogP) is 1.71. The minimum Gasteiger partial charge on any atom is -0.323 e. The van der Waals surface area contributed by atoms with E-state index in [9.17, 15) is 0 Å². The van der Waals surface area contributed by atoms with Gasteiger partial charge in [0.15, 0.2) is 0 Å². The summed E-state index contributed by atoms with van der Waals surface area (Å²) < 4.78 is 0. The number of piperazine rings is 1. The average molecular weight is 247 g/mol. The van der Waals surface area contributed by atoms with Crippen molar-refractivity contribution in [2.24, 2.45) is 5.73 Å². The molecular formula is C15H25N3.